The van der Waals surface area contributed by atoms with Gasteiger partial charge in [0.1, 0.15) is 0 Å². The van der Waals surface area contributed by atoms with E-state index in [0.717, 1.165) is 36.6 Å². The lowest BCUT2D eigenvalue weighted by Crippen LogP contribution is -2.31. The van der Waals surface area contributed by atoms with Gasteiger partial charge in [-0.15, -0.1) is 0 Å². The maximum Gasteiger partial charge on any atom is 0.319 e. The van der Waals surface area contributed by atoms with Gasteiger partial charge in [-0.2, -0.15) is 0 Å². The molecule has 1 fully saturated rings. The van der Waals surface area contributed by atoms with Crippen molar-refractivity contribution in [2.75, 3.05) is 11.9 Å². The van der Waals surface area contributed by atoms with Gasteiger partial charge in [-0.25, -0.2) is 4.79 Å². The molecule has 2 N–H and O–H groups in total. The molecular weight excluding hydrogens is 260 g/mol. The maximum absolute atomic E-state index is 12.1. The second-order valence-corrected chi connectivity index (χ2v) is 6.14. The van der Waals surface area contributed by atoms with Gasteiger partial charge >= 0.3 is 6.03 Å². The summed E-state index contributed by atoms with van der Waals surface area (Å²) in [7, 11) is 0. The number of benzene rings is 1. The lowest BCUT2D eigenvalue weighted by atomic mass is 9.87. The zero-order chi connectivity index (χ0) is 15.1. The number of anilines is 1. The standard InChI is InChI=1S/C18H28N2O/c1-3-16-11-7-8-14(2)17(16)20-18(21)19-13-12-15-9-5-4-6-10-15/h7-8,11,15H,3-6,9-10,12-13H2,1-2H3,(H2,19,20,21). The Labute approximate surface area is 128 Å². The molecule has 1 aliphatic rings. The molecule has 1 aromatic carbocycles. The number of nitrogens with one attached hydrogen (secondary N) is 2. The Balaban J connectivity index is 1.79. The van der Waals surface area contributed by atoms with E-state index in [1.165, 1.54) is 37.7 Å². The van der Waals surface area contributed by atoms with Gasteiger partial charge in [-0.05, 0) is 36.8 Å². The fourth-order valence-corrected chi connectivity index (χ4v) is 3.23. The smallest absolute Gasteiger partial charge is 0.319 e. The number of para-hydroxylation sites is 1. The van der Waals surface area contributed by atoms with Crippen LogP contribution in [0.15, 0.2) is 18.2 Å². The summed E-state index contributed by atoms with van der Waals surface area (Å²) in [5.74, 6) is 0.809. The van der Waals surface area contributed by atoms with Crippen molar-refractivity contribution in [3.05, 3.63) is 29.3 Å². The minimum atomic E-state index is -0.0743. The van der Waals surface area contributed by atoms with Crippen molar-refractivity contribution >= 4 is 11.7 Å². The summed E-state index contributed by atoms with van der Waals surface area (Å²) < 4.78 is 0. The zero-order valence-electron chi connectivity index (χ0n) is 13.4. The SMILES string of the molecule is CCc1cccc(C)c1NC(=O)NCCC1CCCCC1. The van der Waals surface area contributed by atoms with Gasteiger partial charge in [-0.3, -0.25) is 0 Å². The van der Waals surface area contributed by atoms with E-state index in [-0.39, 0.29) is 6.03 Å². The van der Waals surface area contributed by atoms with Crippen molar-refractivity contribution in [3.8, 4) is 0 Å². The lowest BCUT2D eigenvalue weighted by Gasteiger charge is -2.21. The minimum absolute atomic E-state index is 0.0743. The lowest BCUT2D eigenvalue weighted by molar-refractivity contribution is 0.250. The molecule has 0 bridgehead atoms. The second-order valence-electron chi connectivity index (χ2n) is 6.14. The molecule has 0 saturated heterocycles. The number of rotatable bonds is 5. The van der Waals surface area contributed by atoms with Crippen LogP contribution >= 0.6 is 0 Å². The maximum atomic E-state index is 12.1. The molecule has 1 saturated carbocycles. The Kier molecular flexibility index (Phi) is 6.09. The normalized spacial score (nSPS) is 15.7. The quantitative estimate of drug-likeness (QED) is 0.813. The molecule has 0 aliphatic heterocycles. The zero-order valence-corrected chi connectivity index (χ0v) is 13.4. The first-order valence-corrected chi connectivity index (χ1v) is 8.34. The van der Waals surface area contributed by atoms with Crippen molar-refractivity contribution in [1.29, 1.82) is 0 Å². The summed E-state index contributed by atoms with van der Waals surface area (Å²) in [6.45, 7) is 4.93. The Morgan fingerprint density at radius 3 is 2.71 bits per heavy atom. The molecule has 0 aromatic heterocycles. The fraction of sp³-hybridized carbons (Fsp3) is 0.611. The molecule has 0 spiro atoms. The molecule has 21 heavy (non-hydrogen) atoms. The van der Waals surface area contributed by atoms with E-state index >= 15 is 0 Å². The van der Waals surface area contributed by atoms with E-state index in [0.29, 0.717) is 0 Å². The first-order valence-electron chi connectivity index (χ1n) is 8.34. The van der Waals surface area contributed by atoms with Gasteiger partial charge in [0, 0.05) is 12.2 Å². The van der Waals surface area contributed by atoms with Crippen LogP contribution < -0.4 is 10.6 Å². The summed E-state index contributed by atoms with van der Waals surface area (Å²) in [5, 5.41) is 6.02. The predicted octanol–water partition coefficient (Wildman–Crippen LogP) is 4.65. The van der Waals surface area contributed by atoms with Crippen LogP contribution in [0.4, 0.5) is 10.5 Å². The monoisotopic (exact) mass is 288 g/mol. The molecule has 1 aliphatic carbocycles. The molecule has 0 unspecified atom stereocenters. The molecule has 0 heterocycles. The van der Waals surface area contributed by atoms with Gasteiger partial charge in [0.25, 0.3) is 0 Å². The second kappa shape index (κ2) is 8.06. The first kappa shape index (κ1) is 15.9. The Bertz CT molecular complexity index is 464. The molecule has 1 aromatic rings. The van der Waals surface area contributed by atoms with E-state index < -0.39 is 0 Å². The number of amides is 2. The number of hydrogen-bond acceptors (Lipinski definition) is 1. The number of hydrogen-bond donors (Lipinski definition) is 2. The largest absolute Gasteiger partial charge is 0.338 e. The van der Waals surface area contributed by atoms with Gasteiger partial charge in [0.2, 0.25) is 0 Å². The van der Waals surface area contributed by atoms with Crippen LogP contribution in [-0.2, 0) is 6.42 Å². The third-order valence-corrected chi connectivity index (χ3v) is 4.54. The molecule has 2 amide bonds. The van der Waals surface area contributed by atoms with Gasteiger partial charge in [0.05, 0.1) is 0 Å². The molecule has 0 atom stereocenters. The van der Waals surface area contributed by atoms with E-state index in [9.17, 15) is 4.79 Å². The minimum Gasteiger partial charge on any atom is -0.338 e. The van der Waals surface area contributed by atoms with Crippen LogP contribution in [0.3, 0.4) is 0 Å². The van der Waals surface area contributed by atoms with Crippen LogP contribution in [-0.4, -0.2) is 12.6 Å². The number of urea groups is 1. The van der Waals surface area contributed by atoms with Crippen molar-refractivity contribution < 1.29 is 4.79 Å². The van der Waals surface area contributed by atoms with Crippen molar-refractivity contribution in [2.24, 2.45) is 5.92 Å². The summed E-state index contributed by atoms with van der Waals surface area (Å²) >= 11 is 0. The van der Waals surface area contributed by atoms with Gasteiger partial charge in [0.15, 0.2) is 0 Å². The molecule has 3 nitrogen and oxygen atoms in total. The van der Waals surface area contributed by atoms with Gasteiger partial charge in [-0.1, -0.05) is 57.2 Å². The van der Waals surface area contributed by atoms with Crippen LogP contribution in [0.1, 0.15) is 56.6 Å². The number of aryl methyl sites for hydroxylation is 2. The number of carbonyl (C=O) groups is 1. The van der Waals surface area contributed by atoms with Crippen LogP contribution in [0.5, 0.6) is 0 Å². The summed E-state index contributed by atoms with van der Waals surface area (Å²) in [5.41, 5.74) is 3.28. The molecule has 3 heteroatoms. The van der Waals surface area contributed by atoms with Crippen molar-refractivity contribution in [2.45, 2.75) is 58.8 Å². The third-order valence-electron chi connectivity index (χ3n) is 4.54. The summed E-state index contributed by atoms with van der Waals surface area (Å²) in [6.07, 6.45) is 8.82. The summed E-state index contributed by atoms with van der Waals surface area (Å²) in [4.78, 5) is 12.1. The molecule has 0 radical (unpaired) electrons. The highest BCUT2D eigenvalue weighted by molar-refractivity contribution is 5.91. The highest BCUT2D eigenvalue weighted by Crippen LogP contribution is 2.25. The Hall–Kier alpha value is -1.51. The van der Waals surface area contributed by atoms with E-state index in [1.54, 1.807) is 0 Å². The van der Waals surface area contributed by atoms with Crippen LogP contribution in [0.2, 0.25) is 0 Å². The molecule has 2 rings (SSSR count). The average Bonchev–Trinajstić information content (AvgIpc) is 2.50. The molecule has 116 valence electrons. The highest BCUT2D eigenvalue weighted by Gasteiger charge is 2.13. The third kappa shape index (κ3) is 4.76. The Morgan fingerprint density at radius 1 is 1.24 bits per heavy atom. The Morgan fingerprint density at radius 2 is 2.00 bits per heavy atom. The van der Waals surface area contributed by atoms with Crippen LogP contribution in [0.25, 0.3) is 0 Å². The fourth-order valence-electron chi connectivity index (χ4n) is 3.23. The van der Waals surface area contributed by atoms with E-state index in [2.05, 4.69) is 23.6 Å². The van der Waals surface area contributed by atoms with Gasteiger partial charge < -0.3 is 10.6 Å². The highest BCUT2D eigenvalue weighted by atomic mass is 16.2. The molecular formula is C18H28N2O. The van der Waals surface area contributed by atoms with E-state index in [4.69, 9.17) is 0 Å². The predicted molar refractivity (Wildman–Crippen MR) is 88.8 cm³/mol. The van der Waals surface area contributed by atoms with E-state index in [1.807, 2.05) is 19.1 Å². The average molecular weight is 288 g/mol. The first-order chi connectivity index (χ1) is 10.2. The van der Waals surface area contributed by atoms with Crippen molar-refractivity contribution in [1.82, 2.24) is 5.32 Å². The topological polar surface area (TPSA) is 41.1 Å². The van der Waals surface area contributed by atoms with Crippen LogP contribution in [0, 0.1) is 12.8 Å². The van der Waals surface area contributed by atoms with Crippen molar-refractivity contribution in [3.63, 3.8) is 0 Å². The number of carbonyl (C=O) groups excluding carboxylic acids is 1. The summed E-state index contributed by atoms with van der Waals surface area (Å²) in [6, 6.07) is 6.08.